The maximum Gasteiger partial charge on any atom is 0.247 e. The number of hydrazine groups is 1. The standard InChI is InChI=1S/C11H15N3O2S/c1-2-16-9-5-3-8(4-6-9)7-10(15)14(13)11(12)17/h3-6H,2,7,13H2,1H3,(H2,12,17). The topological polar surface area (TPSA) is 81.6 Å². The van der Waals surface area contributed by atoms with Gasteiger partial charge in [-0.15, -0.1) is 0 Å². The first-order valence-corrected chi connectivity index (χ1v) is 5.54. The summed E-state index contributed by atoms with van der Waals surface area (Å²) in [6.45, 7) is 2.52. The molecule has 1 amide bonds. The van der Waals surface area contributed by atoms with Crippen molar-refractivity contribution < 1.29 is 9.53 Å². The molecule has 4 N–H and O–H groups in total. The average Bonchev–Trinajstić information content (AvgIpc) is 2.30. The molecule has 0 aliphatic carbocycles. The van der Waals surface area contributed by atoms with E-state index in [0.29, 0.717) is 6.61 Å². The van der Waals surface area contributed by atoms with Gasteiger partial charge in [0, 0.05) is 0 Å². The van der Waals surface area contributed by atoms with Gasteiger partial charge in [0.15, 0.2) is 5.11 Å². The van der Waals surface area contributed by atoms with Crippen molar-refractivity contribution in [3.63, 3.8) is 0 Å². The number of rotatable bonds is 4. The van der Waals surface area contributed by atoms with Gasteiger partial charge in [-0.2, -0.15) is 0 Å². The van der Waals surface area contributed by atoms with Crippen LogP contribution in [0, 0.1) is 0 Å². The van der Waals surface area contributed by atoms with Gasteiger partial charge < -0.3 is 10.5 Å². The molecule has 0 atom stereocenters. The van der Waals surface area contributed by atoms with Crippen molar-refractivity contribution in [1.82, 2.24) is 5.01 Å². The molecule has 0 radical (unpaired) electrons. The lowest BCUT2D eigenvalue weighted by Gasteiger charge is -2.13. The Kier molecular flexibility index (Phi) is 4.86. The minimum atomic E-state index is -0.346. The smallest absolute Gasteiger partial charge is 0.247 e. The largest absolute Gasteiger partial charge is 0.494 e. The third-order valence-electron chi connectivity index (χ3n) is 2.10. The van der Waals surface area contributed by atoms with Crippen LogP contribution in [-0.2, 0) is 11.2 Å². The normalized spacial score (nSPS) is 9.76. The molecule has 0 heterocycles. The highest BCUT2D eigenvalue weighted by atomic mass is 32.1. The molecular weight excluding hydrogens is 238 g/mol. The molecule has 0 aliphatic heterocycles. The Labute approximate surface area is 105 Å². The Hall–Kier alpha value is -1.66. The van der Waals surface area contributed by atoms with Crippen LogP contribution in [0.3, 0.4) is 0 Å². The van der Waals surface area contributed by atoms with Crippen LogP contribution in [0.15, 0.2) is 24.3 Å². The van der Waals surface area contributed by atoms with Crippen LogP contribution in [0.1, 0.15) is 12.5 Å². The van der Waals surface area contributed by atoms with Crippen molar-refractivity contribution in [1.29, 1.82) is 0 Å². The van der Waals surface area contributed by atoms with Crippen molar-refractivity contribution in [3.8, 4) is 5.75 Å². The highest BCUT2D eigenvalue weighted by Crippen LogP contribution is 2.12. The molecule has 0 unspecified atom stereocenters. The molecule has 0 fully saturated rings. The summed E-state index contributed by atoms with van der Waals surface area (Å²) in [5, 5.41) is 0.632. The number of hydrogen-bond donors (Lipinski definition) is 2. The minimum Gasteiger partial charge on any atom is -0.494 e. The van der Waals surface area contributed by atoms with Crippen molar-refractivity contribution in [2.75, 3.05) is 6.61 Å². The summed E-state index contributed by atoms with van der Waals surface area (Å²) in [6, 6.07) is 7.20. The van der Waals surface area contributed by atoms with Crippen molar-refractivity contribution in [2.45, 2.75) is 13.3 Å². The quantitative estimate of drug-likeness (QED) is 0.355. The number of nitrogens with two attached hydrogens (primary N) is 2. The van der Waals surface area contributed by atoms with E-state index in [4.69, 9.17) is 16.3 Å². The van der Waals surface area contributed by atoms with E-state index in [1.165, 1.54) is 0 Å². The molecule has 17 heavy (non-hydrogen) atoms. The van der Waals surface area contributed by atoms with Crippen molar-refractivity contribution >= 4 is 23.2 Å². The summed E-state index contributed by atoms with van der Waals surface area (Å²) in [4.78, 5) is 11.6. The predicted molar refractivity (Wildman–Crippen MR) is 69.1 cm³/mol. The zero-order valence-electron chi connectivity index (χ0n) is 9.55. The molecule has 0 aliphatic rings. The Morgan fingerprint density at radius 3 is 2.47 bits per heavy atom. The predicted octanol–water partition coefficient (Wildman–Crippen LogP) is 0.574. The van der Waals surface area contributed by atoms with E-state index in [0.717, 1.165) is 16.3 Å². The zero-order chi connectivity index (χ0) is 12.8. The monoisotopic (exact) mass is 253 g/mol. The number of amides is 1. The Morgan fingerprint density at radius 1 is 1.41 bits per heavy atom. The maximum atomic E-state index is 11.6. The molecule has 6 heteroatoms. The number of carbonyl (C=O) groups excluding carboxylic acids is 1. The molecule has 1 aromatic carbocycles. The summed E-state index contributed by atoms with van der Waals surface area (Å²) >= 11 is 4.60. The van der Waals surface area contributed by atoms with Crippen LogP contribution < -0.4 is 16.3 Å². The second kappa shape index (κ2) is 6.17. The molecule has 1 aromatic rings. The van der Waals surface area contributed by atoms with E-state index in [2.05, 4.69) is 12.2 Å². The fraction of sp³-hybridized carbons (Fsp3) is 0.273. The first-order chi connectivity index (χ1) is 8.04. The van der Waals surface area contributed by atoms with E-state index in [1.54, 1.807) is 24.3 Å². The summed E-state index contributed by atoms with van der Waals surface area (Å²) in [5.41, 5.74) is 6.07. The highest BCUT2D eigenvalue weighted by molar-refractivity contribution is 7.80. The molecule has 92 valence electrons. The first kappa shape index (κ1) is 13.4. The van der Waals surface area contributed by atoms with Crippen LogP contribution in [0.5, 0.6) is 5.75 Å². The molecule has 0 saturated heterocycles. The molecule has 0 spiro atoms. The summed E-state index contributed by atoms with van der Waals surface area (Å²) in [6.07, 6.45) is 0.153. The van der Waals surface area contributed by atoms with E-state index >= 15 is 0 Å². The summed E-state index contributed by atoms with van der Waals surface area (Å²) in [7, 11) is 0. The van der Waals surface area contributed by atoms with E-state index < -0.39 is 0 Å². The lowest BCUT2D eigenvalue weighted by Crippen LogP contribution is -2.46. The number of carbonyl (C=O) groups is 1. The van der Waals surface area contributed by atoms with E-state index in [9.17, 15) is 4.79 Å². The minimum absolute atomic E-state index is 0.138. The third kappa shape index (κ3) is 4.01. The molecule has 0 bridgehead atoms. The van der Waals surface area contributed by atoms with Gasteiger partial charge in [-0.25, -0.2) is 10.9 Å². The number of thiocarbonyl (C=S) groups is 1. The molecule has 1 rings (SSSR count). The summed E-state index contributed by atoms with van der Waals surface area (Å²) < 4.78 is 5.29. The van der Waals surface area contributed by atoms with Crippen LogP contribution in [-0.4, -0.2) is 22.6 Å². The number of benzene rings is 1. The van der Waals surface area contributed by atoms with Gasteiger partial charge in [0.1, 0.15) is 5.75 Å². The molecule has 0 aromatic heterocycles. The Morgan fingerprint density at radius 2 is 2.00 bits per heavy atom. The van der Waals surface area contributed by atoms with Crippen LogP contribution in [0.25, 0.3) is 0 Å². The second-order valence-corrected chi connectivity index (χ2v) is 3.77. The van der Waals surface area contributed by atoms with Gasteiger partial charge in [0.2, 0.25) is 5.91 Å². The van der Waals surface area contributed by atoms with Gasteiger partial charge >= 0.3 is 0 Å². The first-order valence-electron chi connectivity index (χ1n) is 5.13. The Balaban J connectivity index is 2.63. The average molecular weight is 253 g/mol. The summed E-state index contributed by atoms with van der Waals surface area (Å²) in [5.74, 6) is 5.80. The molecule has 5 nitrogen and oxygen atoms in total. The number of nitrogens with zero attached hydrogens (tertiary/aromatic N) is 1. The van der Waals surface area contributed by atoms with Crippen molar-refractivity contribution in [2.24, 2.45) is 11.6 Å². The van der Waals surface area contributed by atoms with Gasteiger partial charge in [-0.05, 0) is 36.8 Å². The Bertz CT molecular complexity index is 406. The fourth-order valence-corrected chi connectivity index (χ4v) is 1.35. The third-order valence-corrected chi connectivity index (χ3v) is 2.29. The fourth-order valence-electron chi connectivity index (χ4n) is 1.25. The van der Waals surface area contributed by atoms with E-state index in [-0.39, 0.29) is 17.4 Å². The van der Waals surface area contributed by atoms with Crippen LogP contribution >= 0.6 is 12.2 Å². The van der Waals surface area contributed by atoms with E-state index in [1.807, 2.05) is 6.92 Å². The SMILES string of the molecule is CCOc1ccc(CC(=O)N(N)C(N)=S)cc1. The molecule has 0 saturated carbocycles. The van der Waals surface area contributed by atoms with Gasteiger partial charge in [-0.3, -0.25) is 4.79 Å². The number of ether oxygens (including phenoxy) is 1. The van der Waals surface area contributed by atoms with Gasteiger partial charge in [0.05, 0.1) is 13.0 Å². The van der Waals surface area contributed by atoms with Gasteiger partial charge in [0.25, 0.3) is 0 Å². The lowest BCUT2D eigenvalue weighted by molar-refractivity contribution is -0.126. The lowest BCUT2D eigenvalue weighted by atomic mass is 10.1. The van der Waals surface area contributed by atoms with Crippen LogP contribution in [0.4, 0.5) is 0 Å². The molecular formula is C11H15N3O2S. The van der Waals surface area contributed by atoms with Gasteiger partial charge in [-0.1, -0.05) is 12.1 Å². The number of hydrogen-bond acceptors (Lipinski definition) is 4. The highest BCUT2D eigenvalue weighted by Gasteiger charge is 2.12. The van der Waals surface area contributed by atoms with Crippen LogP contribution in [0.2, 0.25) is 0 Å². The van der Waals surface area contributed by atoms with Crippen molar-refractivity contribution in [3.05, 3.63) is 29.8 Å². The maximum absolute atomic E-state index is 11.6. The second-order valence-electron chi connectivity index (χ2n) is 3.36. The zero-order valence-corrected chi connectivity index (χ0v) is 10.4.